The Morgan fingerprint density at radius 2 is 2.17 bits per heavy atom. The Balaban J connectivity index is 1.76. The molecule has 3 heterocycles. The number of hydrogen-bond acceptors (Lipinski definition) is 5. The Morgan fingerprint density at radius 1 is 1.22 bits per heavy atom. The van der Waals surface area contributed by atoms with Crippen molar-refractivity contribution in [2.75, 3.05) is 18.5 Å². The Kier molecular flexibility index (Phi) is 2.93. The van der Waals surface area contributed by atoms with Crippen LogP contribution >= 0.6 is 0 Å². The van der Waals surface area contributed by atoms with Gasteiger partial charge < -0.3 is 14.8 Å². The first-order chi connectivity index (χ1) is 8.86. The van der Waals surface area contributed by atoms with Gasteiger partial charge >= 0.3 is 0 Å². The van der Waals surface area contributed by atoms with Gasteiger partial charge in [-0.1, -0.05) is 0 Å². The molecule has 0 bridgehead atoms. The lowest BCUT2D eigenvalue weighted by Gasteiger charge is -2.28. The van der Waals surface area contributed by atoms with Gasteiger partial charge in [-0.3, -0.25) is 4.98 Å². The lowest BCUT2D eigenvalue weighted by atomic mass is 10.3. The van der Waals surface area contributed by atoms with E-state index in [0.29, 0.717) is 0 Å². The molecule has 0 unspecified atom stereocenters. The lowest BCUT2D eigenvalue weighted by Crippen LogP contribution is -2.34. The van der Waals surface area contributed by atoms with Crippen LogP contribution < -0.4 is 10.2 Å². The van der Waals surface area contributed by atoms with Gasteiger partial charge in [-0.25, -0.2) is 9.97 Å². The fourth-order valence-electron chi connectivity index (χ4n) is 2.15. The Hall–Kier alpha value is -1.95. The van der Waals surface area contributed by atoms with E-state index in [2.05, 4.69) is 29.7 Å². The van der Waals surface area contributed by atoms with Crippen molar-refractivity contribution in [2.45, 2.75) is 19.6 Å². The number of fused-ring (bicyclic) bond motifs is 1. The quantitative estimate of drug-likeness (QED) is 0.847. The van der Waals surface area contributed by atoms with E-state index in [0.717, 1.165) is 43.5 Å². The predicted octanol–water partition coefficient (Wildman–Crippen LogP) is 0.413. The maximum Gasteiger partial charge on any atom is 0.147 e. The molecular weight excluding hydrogens is 228 g/mol. The molecule has 6 nitrogen and oxygen atoms in total. The van der Waals surface area contributed by atoms with Crippen molar-refractivity contribution in [1.29, 1.82) is 0 Å². The van der Waals surface area contributed by atoms with Crippen LogP contribution in [0.4, 0.5) is 5.82 Å². The van der Waals surface area contributed by atoms with Gasteiger partial charge in [0.25, 0.3) is 0 Å². The topological polar surface area (TPSA) is 58.9 Å². The molecule has 0 atom stereocenters. The summed E-state index contributed by atoms with van der Waals surface area (Å²) in [7, 11) is 1.90. The number of nitrogens with zero attached hydrogens (tertiary/aromatic N) is 5. The third kappa shape index (κ3) is 2.06. The van der Waals surface area contributed by atoms with E-state index in [1.54, 1.807) is 0 Å². The summed E-state index contributed by atoms with van der Waals surface area (Å²) in [6.07, 6.45) is 7.53. The van der Waals surface area contributed by atoms with Gasteiger partial charge in [-0.05, 0) is 7.05 Å². The number of rotatable bonds is 3. The molecule has 94 valence electrons. The standard InChI is InChI=1S/C12H16N6/c1-13-6-10-7-16-11(8-15-10)18-5-4-17-3-2-14-12(17)9-18/h2-3,7-8,13H,4-6,9H2,1H3. The first kappa shape index (κ1) is 11.2. The summed E-state index contributed by atoms with van der Waals surface area (Å²) in [4.78, 5) is 15.4. The predicted molar refractivity (Wildman–Crippen MR) is 68.1 cm³/mol. The molecule has 0 amide bonds. The molecule has 0 radical (unpaired) electrons. The van der Waals surface area contributed by atoms with Crippen LogP contribution in [0.2, 0.25) is 0 Å². The van der Waals surface area contributed by atoms with Crippen LogP contribution in [-0.4, -0.2) is 33.1 Å². The SMILES string of the molecule is CNCc1cnc(N2CCn3ccnc3C2)cn1. The van der Waals surface area contributed by atoms with Gasteiger partial charge in [-0.2, -0.15) is 0 Å². The highest BCUT2D eigenvalue weighted by atomic mass is 15.3. The van der Waals surface area contributed by atoms with E-state index in [1.165, 1.54) is 0 Å². The zero-order valence-electron chi connectivity index (χ0n) is 10.4. The summed E-state index contributed by atoms with van der Waals surface area (Å²) in [6, 6.07) is 0. The summed E-state index contributed by atoms with van der Waals surface area (Å²) in [6.45, 7) is 3.45. The van der Waals surface area contributed by atoms with Crippen LogP contribution in [0.25, 0.3) is 0 Å². The molecule has 0 fully saturated rings. The summed E-state index contributed by atoms with van der Waals surface area (Å²) < 4.78 is 2.18. The van der Waals surface area contributed by atoms with E-state index in [1.807, 2.05) is 31.8 Å². The highest BCUT2D eigenvalue weighted by molar-refractivity contribution is 5.36. The van der Waals surface area contributed by atoms with Crippen molar-refractivity contribution < 1.29 is 0 Å². The van der Waals surface area contributed by atoms with E-state index in [-0.39, 0.29) is 0 Å². The summed E-state index contributed by atoms with van der Waals surface area (Å²) in [5, 5.41) is 3.06. The molecule has 2 aromatic rings. The average Bonchev–Trinajstić information content (AvgIpc) is 2.87. The van der Waals surface area contributed by atoms with Crippen LogP contribution in [0.3, 0.4) is 0 Å². The van der Waals surface area contributed by atoms with E-state index >= 15 is 0 Å². The number of anilines is 1. The van der Waals surface area contributed by atoms with Gasteiger partial charge in [0.1, 0.15) is 11.6 Å². The zero-order valence-corrected chi connectivity index (χ0v) is 10.4. The van der Waals surface area contributed by atoms with Crippen molar-refractivity contribution in [3.8, 4) is 0 Å². The van der Waals surface area contributed by atoms with Gasteiger partial charge in [0, 0.05) is 32.0 Å². The van der Waals surface area contributed by atoms with E-state index < -0.39 is 0 Å². The molecule has 0 aliphatic carbocycles. The normalized spacial score (nSPS) is 14.6. The highest BCUT2D eigenvalue weighted by Crippen LogP contribution is 2.16. The fraction of sp³-hybridized carbons (Fsp3) is 0.417. The van der Waals surface area contributed by atoms with E-state index in [4.69, 9.17) is 0 Å². The number of imidazole rings is 1. The smallest absolute Gasteiger partial charge is 0.147 e. The molecule has 1 aliphatic rings. The molecule has 0 saturated carbocycles. The fourth-order valence-corrected chi connectivity index (χ4v) is 2.15. The second kappa shape index (κ2) is 4.73. The van der Waals surface area contributed by atoms with Crippen molar-refractivity contribution in [3.63, 3.8) is 0 Å². The molecule has 2 aromatic heterocycles. The zero-order chi connectivity index (χ0) is 12.4. The molecule has 3 rings (SSSR count). The van der Waals surface area contributed by atoms with Crippen LogP contribution in [0.5, 0.6) is 0 Å². The maximum absolute atomic E-state index is 4.46. The Morgan fingerprint density at radius 3 is 2.94 bits per heavy atom. The third-order valence-corrected chi connectivity index (χ3v) is 3.12. The van der Waals surface area contributed by atoms with Gasteiger partial charge in [0.15, 0.2) is 0 Å². The van der Waals surface area contributed by atoms with Gasteiger partial charge in [0.2, 0.25) is 0 Å². The molecule has 0 spiro atoms. The lowest BCUT2D eigenvalue weighted by molar-refractivity contribution is 0.555. The maximum atomic E-state index is 4.46. The summed E-state index contributed by atoms with van der Waals surface area (Å²) >= 11 is 0. The van der Waals surface area contributed by atoms with Crippen LogP contribution in [0.15, 0.2) is 24.8 Å². The highest BCUT2D eigenvalue weighted by Gasteiger charge is 2.17. The van der Waals surface area contributed by atoms with Crippen LogP contribution in [0, 0.1) is 0 Å². The largest absolute Gasteiger partial charge is 0.346 e. The minimum absolute atomic E-state index is 0.748. The Bertz CT molecular complexity index is 518. The number of nitrogens with one attached hydrogen (secondary N) is 1. The third-order valence-electron chi connectivity index (χ3n) is 3.12. The van der Waals surface area contributed by atoms with Crippen LogP contribution in [0.1, 0.15) is 11.5 Å². The first-order valence-electron chi connectivity index (χ1n) is 6.07. The molecule has 1 aliphatic heterocycles. The average molecular weight is 244 g/mol. The Labute approximate surface area is 106 Å². The minimum Gasteiger partial charge on any atom is -0.346 e. The summed E-state index contributed by atoms with van der Waals surface area (Å²) in [5.41, 5.74) is 0.958. The summed E-state index contributed by atoms with van der Waals surface area (Å²) in [5.74, 6) is 2.01. The van der Waals surface area contributed by atoms with Crippen molar-refractivity contribution >= 4 is 5.82 Å². The van der Waals surface area contributed by atoms with Gasteiger partial charge in [-0.15, -0.1) is 0 Å². The van der Waals surface area contributed by atoms with Crippen LogP contribution in [-0.2, 0) is 19.6 Å². The first-order valence-corrected chi connectivity index (χ1v) is 6.07. The molecule has 18 heavy (non-hydrogen) atoms. The van der Waals surface area contributed by atoms with E-state index in [9.17, 15) is 0 Å². The van der Waals surface area contributed by atoms with Crippen molar-refractivity contribution in [2.24, 2.45) is 0 Å². The number of aromatic nitrogens is 4. The molecular formula is C12H16N6. The monoisotopic (exact) mass is 244 g/mol. The second-order valence-electron chi connectivity index (χ2n) is 4.35. The van der Waals surface area contributed by atoms with Gasteiger partial charge in [0.05, 0.1) is 24.6 Å². The van der Waals surface area contributed by atoms with Crippen molar-refractivity contribution in [1.82, 2.24) is 24.8 Å². The second-order valence-corrected chi connectivity index (χ2v) is 4.35. The number of hydrogen-bond donors (Lipinski definition) is 1. The minimum atomic E-state index is 0.748. The molecule has 6 heteroatoms. The van der Waals surface area contributed by atoms with Crippen molar-refractivity contribution in [3.05, 3.63) is 36.3 Å². The molecule has 0 aromatic carbocycles. The molecule has 1 N–H and O–H groups in total. The molecule has 0 saturated heterocycles.